The molecule has 3 rings (SSSR count). The summed E-state index contributed by atoms with van der Waals surface area (Å²) in [5.41, 5.74) is -0.0328. The number of methoxy groups -OCH3 is 1. The number of carbonyl (C=O) groups excluding carboxylic acids is 1. The molecule has 0 radical (unpaired) electrons. The third kappa shape index (κ3) is 5.57. The summed E-state index contributed by atoms with van der Waals surface area (Å²) in [7, 11) is -1.01. The Kier molecular flexibility index (Phi) is 7.49. The second-order valence-corrected chi connectivity index (χ2v) is 9.44. The molecule has 1 heterocycles. The molecule has 0 saturated carbocycles. The van der Waals surface area contributed by atoms with Crippen molar-refractivity contribution in [3.05, 3.63) is 57.9 Å². The number of sulfonamides is 1. The van der Waals surface area contributed by atoms with Gasteiger partial charge in [-0.1, -0.05) is 6.07 Å². The molecule has 2 aromatic carbocycles. The molecule has 1 amide bonds. The van der Waals surface area contributed by atoms with Crippen LogP contribution in [0.25, 0.3) is 0 Å². The maximum Gasteiger partial charge on any atom is 0.312 e. The number of ether oxygens (including phenoxy) is 2. The summed E-state index contributed by atoms with van der Waals surface area (Å²) in [5, 5.41) is 11.5. The van der Waals surface area contributed by atoms with Gasteiger partial charge in [-0.15, -0.1) is 0 Å². The molecule has 0 atom stereocenters. The van der Waals surface area contributed by atoms with Crippen molar-refractivity contribution in [2.45, 2.75) is 24.3 Å². The number of hydrogen-bond donors (Lipinski definition) is 0. The minimum absolute atomic E-state index is 0.0816. The van der Waals surface area contributed by atoms with Crippen LogP contribution in [0.3, 0.4) is 0 Å². The van der Waals surface area contributed by atoms with Gasteiger partial charge in [0.2, 0.25) is 10.0 Å². The number of rotatable bonds is 9. The third-order valence-corrected chi connectivity index (χ3v) is 7.14. The quantitative estimate of drug-likeness (QED) is 0.399. The lowest BCUT2D eigenvalue weighted by atomic mass is 10.2. The van der Waals surface area contributed by atoms with E-state index in [1.807, 2.05) is 0 Å². The first-order valence-corrected chi connectivity index (χ1v) is 11.5. The van der Waals surface area contributed by atoms with Crippen molar-refractivity contribution >= 4 is 21.6 Å². The molecule has 1 saturated heterocycles. The van der Waals surface area contributed by atoms with Crippen LogP contribution in [0.4, 0.5) is 10.1 Å². The number of benzene rings is 2. The van der Waals surface area contributed by atoms with Gasteiger partial charge in [0.1, 0.15) is 0 Å². The molecular formula is C21H24FN3O7S. The Morgan fingerprint density at radius 2 is 1.85 bits per heavy atom. The second kappa shape index (κ2) is 10.1. The van der Waals surface area contributed by atoms with Gasteiger partial charge in [-0.05, 0) is 42.7 Å². The molecule has 10 nitrogen and oxygen atoms in total. The van der Waals surface area contributed by atoms with Crippen LogP contribution in [0.1, 0.15) is 18.4 Å². The van der Waals surface area contributed by atoms with Crippen molar-refractivity contribution in [3.63, 3.8) is 0 Å². The number of likely N-dealkylation sites (N-methyl/N-ethyl adjacent to an activating group) is 1. The highest BCUT2D eigenvalue weighted by atomic mass is 32.2. The van der Waals surface area contributed by atoms with E-state index >= 15 is 0 Å². The summed E-state index contributed by atoms with van der Waals surface area (Å²) in [6, 6.07) is 7.64. The summed E-state index contributed by atoms with van der Waals surface area (Å²) in [4.78, 5) is 24.2. The lowest BCUT2D eigenvalue weighted by molar-refractivity contribution is -0.386. The van der Waals surface area contributed by atoms with Gasteiger partial charge >= 0.3 is 5.69 Å². The maximum atomic E-state index is 13.8. The van der Waals surface area contributed by atoms with Gasteiger partial charge in [0.15, 0.2) is 23.9 Å². The van der Waals surface area contributed by atoms with E-state index in [-0.39, 0.29) is 22.9 Å². The van der Waals surface area contributed by atoms with E-state index in [1.54, 1.807) is 6.07 Å². The van der Waals surface area contributed by atoms with Crippen LogP contribution < -0.4 is 9.47 Å². The van der Waals surface area contributed by atoms with E-state index < -0.39 is 39.0 Å². The van der Waals surface area contributed by atoms with Gasteiger partial charge in [0.05, 0.1) is 16.9 Å². The zero-order valence-corrected chi connectivity index (χ0v) is 19.0. The molecule has 0 aliphatic carbocycles. The Morgan fingerprint density at radius 1 is 1.18 bits per heavy atom. The standard InChI is InChI=1S/C21H24FN3O7S/c1-23(13-15-5-7-19(31-2)17(22)11-15)21(26)14-32-20-8-6-16(12-18(20)25(27)28)33(29,30)24-9-3-4-10-24/h5-8,11-12H,3-4,9-10,13-14H2,1-2H3. The molecule has 12 heteroatoms. The Balaban J connectivity index is 1.69. The lowest BCUT2D eigenvalue weighted by Crippen LogP contribution is -2.31. The number of nitro groups is 1. The molecule has 1 aliphatic rings. The molecule has 1 aliphatic heterocycles. The van der Waals surface area contributed by atoms with Gasteiger partial charge < -0.3 is 14.4 Å². The number of nitrogens with zero attached hydrogens (tertiary/aromatic N) is 3. The van der Waals surface area contributed by atoms with Gasteiger partial charge in [-0.25, -0.2) is 12.8 Å². The average Bonchev–Trinajstić information content (AvgIpc) is 3.33. The van der Waals surface area contributed by atoms with Gasteiger partial charge in [0, 0.05) is 32.7 Å². The van der Waals surface area contributed by atoms with Crippen LogP contribution in [0, 0.1) is 15.9 Å². The van der Waals surface area contributed by atoms with Crippen LogP contribution in [0.5, 0.6) is 11.5 Å². The maximum absolute atomic E-state index is 13.8. The number of amides is 1. The highest BCUT2D eigenvalue weighted by Crippen LogP contribution is 2.32. The van der Waals surface area contributed by atoms with Gasteiger partial charge in [-0.2, -0.15) is 4.31 Å². The van der Waals surface area contributed by atoms with Crippen molar-refractivity contribution in [2.24, 2.45) is 0 Å². The fraction of sp³-hybridized carbons (Fsp3) is 0.381. The summed E-state index contributed by atoms with van der Waals surface area (Å²) >= 11 is 0. The van der Waals surface area contributed by atoms with Gasteiger partial charge in [-0.3, -0.25) is 14.9 Å². The number of nitro benzene ring substituents is 1. The molecule has 0 aromatic heterocycles. The molecule has 2 aromatic rings. The summed E-state index contributed by atoms with van der Waals surface area (Å²) in [5.74, 6) is -1.21. The topological polar surface area (TPSA) is 119 Å². The molecule has 33 heavy (non-hydrogen) atoms. The van der Waals surface area contributed by atoms with Crippen molar-refractivity contribution < 1.29 is 32.0 Å². The highest BCUT2D eigenvalue weighted by Gasteiger charge is 2.30. The summed E-state index contributed by atoms with van der Waals surface area (Å²) in [6.45, 7) is 0.299. The van der Waals surface area contributed by atoms with E-state index in [9.17, 15) is 27.7 Å². The van der Waals surface area contributed by atoms with E-state index in [2.05, 4.69) is 0 Å². The Hall–Kier alpha value is -3.25. The Labute approximate surface area is 190 Å². The largest absolute Gasteiger partial charge is 0.494 e. The van der Waals surface area contributed by atoms with Crippen LogP contribution >= 0.6 is 0 Å². The van der Waals surface area contributed by atoms with Crippen molar-refractivity contribution in [1.82, 2.24) is 9.21 Å². The first-order valence-electron chi connectivity index (χ1n) is 10.1. The molecule has 0 spiro atoms. The molecule has 0 N–H and O–H groups in total. The minimum Gasteiger partial charge on any atom is -0.494 e. The van der Waals surface area contributed by atoms with Crippen molar-refractivity contribution in [3.8, 4) is 11.5 Å². The average molecular weight is 482 g/mol. The molecular weight excluding hydrogens is 457 g/mol. The van der Waals surface area contributed by atoms with E-state index in [0.717, 1.165) is 18.9 Å². The SMILES string of the molecule is COc1ccc(CN(C)C(=O)COc2ccc(S(=O)(=O)N3CCCC3)cc2[N+](=O)[O-])cc1F. The first-order chi connectivity index (χ1) is 15.6. The van der Waals surface area contributed by atoms with E-state index in [4.69, 9.17) is 9.47 Å². The Morgan fingerprint density at radius 3 is 2.45 bits per heavy atom. The van der Waals surface area contributed by atoms with E-state index in [0.29, 0.717) is 18.7 Å². The Bertz CT molecular complexity index is 1150. The van der Waals surface area contributed by atoms with Crippen LogP contribution in [0.15, 0.2) is 41.3 Å². The zero-order valence-electron chi connectivity index (χ0n) is 18.2. The third-order valence-electron chi connectivity index (χ3n) is 5.24. The number of hydrogen-bond acceptors (Lipinski definition) is 7. The van der Waals surface area contributed by atoms with Crippen molar-refractivity contribution in [2.75, 3.05) is 33.9 Å². The fourth-order valence-corrected chi connectivity index (χ4v) is 4.96. The molecule has 0 bridgehead atoms. The van der Waals surface area contributed by atoms with Gasteiger partial charge in [0.25, 0.3) is 5.91 Å². The zero-order chi connectivity index (χ0) is 24.2. The predicted molar refractivity (Wildman–Crippen MR) is 116 cm³/mol. The first kappa shape index (κ1) is 24.4. The fourth-order valence-electron chi connectivity index (χ4n) is 3.42. The summed E-state index contributed by atoms with van der Waals surface area (Å²) < 4.78 is 50.7. The number of halogens is 1. The molecule has 0 unspecified atom stereocenters. The van der Waals surface area contributed by atoms with Crippen molar-refractivity contribution in [1.29, 1.82) is 0 Å². The smallest absolute Gasteiger partial charge is 0.312 e. The normalized spacial score (nSPS) is 14.2. The lowest BCUT2D eigenvalue weighted by Gasteiger charge is -2.18. The van der Waals surface area contributed by atoms with E-state index in [1.165, 1.54) is 47.6 Å². The molecule has 1 fully saturated rings. The van der Waals surface area contributed by atoms with Crippen LogP contribution in [-0.2, 0) is 21.4 Å². The van der Waals surface area contributed by atoms with Crippen LogP contribution in [0.2, 0.25) is 0 Å². The summed E-state index contributed by atoms with van der Waals surface area (Å²) in [6.07, 6.45) is 1.47. The number of carbonyl (C=O) groups is 1. The second-order valence-electron chi connectivity index (χ2n) is 7.51. The monoisotopic (exact) mass is 481 g/mol. The predicted octanol–water partition coefficient (Wildman–Crippen LogP) is 2.56. The minimum atomic E-state index is -3.84. The molecule has 178 valence electrons. The highest BCUT2D eigenvalue weighted by molar-refractivity contribution is 7.89. The van der Waals surface area contributed by atoms with Crippen LogP contribution in [-0.4, -0.2) is 62.3 Å².